The fourth-order valence-electron chi connectivity index (χ4n) is 1.82. The highest BCUT2D eigenvalue weighted by Gasteiger charge is 2.08. The molecule has 0 aliphatic heterocycles. The molecular formula is C15H15N3O3. The van der Waals surface area contributed by atoms with Gasteiger partial charge in [0.05, 0.1) is 29.9 Å². The van der Waals surface area contributed by atoms with Gasteiger partial charge in [0.2, 0.25) is 5.91 Å². The number of nitrogens with zero attached hydrogens (tertiary/aromatic N) is 2. The predicted molar refractivity (Wildman–Crippen MR) is 75.7 cm³/mol. The molecule has 108 valence electrons. The lowest BCUT2D eigenvalue weighted by Crippen LogP contribution is -2.25. The van der Waals surface area contributed by atoms with Crippen LogP contribution in [0.4, 0.5) is 0 Å². The molecule has 6 heteroatoms. The number of pyridine rings is 2. The molecule has 0 saturated heterocycles. The van der Waals surface area contributed by atoms with Crippen molar-refractivity contribution in [2.75, 3.05) is 0 Å². The Balaban J connectivity index is 1.94. The van der Waals surface area contributed by atoms with Crippen LogP contribution in [0.5, 0.6) is 0 Å². The van der Waals surface area contributed by atoms with E-state index in [1.54, 1.807) is 6.20 Å². The summed E-state index contributed by atoms with van der Waals surface area (Å²) in [6.45, 7) is 2.08. The Labute approximate surface area is 121 Å². The second-order valence-corrected chi connectivity index (χ2v) is 4.56. The summed E-state index contributed by atoms with van der Waals surface area (Å²) in [7, 11) is 0. The summed E-state index contributed by atoms with van der Waals surface area (Å²) < 4.78 is 0. The average molecular weight is 285 g/mol. The van der Waals surface area contributed by atoms with Crippen LogP contribution in [0.15, 0.2) is 36.7 Å². The number of aryl methyl sites for hydroxylation is 1. The van der Waals surface area contributed by atoms with E-state index in [0.717, 1.165) is 11.3 Å². The van der Waals surface area contributed by atoms with E-state index in [0.29, 0.717) is 5.69 Å². The molecule has 0 fully saturated rings. The molecule has 0 aliphatic rings. The van der Waals surface area contributed by atoms with Crippen LogP contribution in [0.1, 0.15) is 27.3 Å². The third kappa shape index (κ3) is 4.10. The third-order valence-electron chi connectivity index (χ3n) is 2.98. The van der Waals surface area contributed by atoms with Gasteiger partial charge >= 0.3 is 5.97 Å². The SMILES string of the molecule is Cc1cccnc1CC(=O)NCc1cc(C(=O)O)ccn1. The van der Waals surface area contributed by atoms with Crippen molar-refractivity contribution in [2.45, 2.75) is 19.9 Å². The van der Waals surface area contributed by atoms with E-state index in [4.69, 9.17) is 5.11 Å². The van der Waals surface area contributed by atoms with Gasteiger partial charge in [0.15, 0.2) is 0 Å². The Morgan fingerprint density at radius 3 is 2.76 bits per heavy atom. The van der Waals surface area contributed by atoms with Crippen LogP contribution < -0.4 is 5.32 Å². The summed E-state index contributed by atoms with van der Waals surface area (Å²) in [5, 5.41) is 11.6. The van der Waals surface area contributed by atoms with Gasteiger partial charge in [-0.15, -0.1) is 0 Å². The van der Waals surface area contributed by atoms with E-state index in [2.05, 4.69) is 15.3 Å². The van der Waals surface area contributed by atoms with Crippen molar-refractivity contribution in [3.63, 3.8) is 0 Å². The van der Waals surface area contributed by atoms with Gasteiger partial charge in [0, 0.05) is 12.4 Å². The highest BCUT2D eigenvalue weighted by Crippen LogP contribution is 2.05. The summed E-state index contributed by atoms with van der Waals surface area (Å²) >= 11 is 0. The molecule has 0 aliphatic carbocycles. The summed E-state index contributed by atoms with van der Waals surface area (Å²) in [4.78, 5) is 30.9. The monoisotopic (exact) mass is 285 g/mol. The maximum absolute atomic E-state index is 11.9. The summed E-state index contributed by atoms with van der Waals surface area (Å²) in [5.41, 5.74) is 2.33. The first-order valence-corrected chi connectivity index (χ1v) is 6.41. The lowest BCUT2D eigenvalue weighted by Gasteiger charge is -2.06. The molecule has 0 aromatic carbocycles. The fraction of sp³-hybridized carbons (Fsp3) is 0.200. The quantitative estimate of drug-likeness (QED) is 0.865. The van der Waals surface area contributed by atoms with Crippen LogP contribution in [-0.4, -0.2) is 27.0 Å². The number of aromatic carboxylic acids is 1. The molecule has 2 aromatic heterocycles. The summed E-state index contributed by atoms with van der Waals surface area (Å²) in [5.74, 6) is -1.20. The first kappa shape index (κ1) is 14.6. The first-order chi connectivity index (χ1) is 10.1. The van der Waals surface area contributed by atoms with Gasteiger partial charge < -0.3 is 10.4 Å². The Morgan fingerprint density at radius 1 is 1.24 bits per heavy atom. The molecule has 0 spiro atoms. The van der Waals surface area contributed by atoms with Crippen molar-refractivity contribution in [3.05, 3.63) is 59.2 Å². The number of carbonyl (C=O) groups excluding carboxylic acids is 1. The first-order valence-electron chi connectivity index (χ1n) is 6.41. The van der Waals surface area contributed by atoms with Crippen LogP contribution in [0.2, 0.25) is 0 Å². The second-order valence-electron chi connectivity index (χ2n) is 4.56. The maximum Gasteiger partial charge on any atom is 0.335 e. The molecule has 2 heterocycles. The molecule has 21 heavy (non-hydrogen) atoms. The van der Waals surface area contributed by atoms with Gasteiger partial charge in [0.1, 0.15) is 0 Å². The van der Waals surface area contributed by atoms with Crippen molar-refractivity contribution >= 4 is 11.9 Å². The van der Waals surface area contributed by atoms with Gasteiger partial charge in [-0.2, -0.15) is 0 Å². The van der Waals surface area contributed by atoms with E-state index in [-0.39, 0.29) is 24.4 Å². The fourth-order valence-corrected chi connectivity index (χ4v) is 1.82. The number of rotatable bonds is 5. The number of aromatic nitrogens is 2. The molecule has 0 unspecified atom stereocenters. The number of amides is 1. The van der Waals surface area contributed by atoms with E-state index in [1.165, 1.54) is 18.3 Å². The minimum Gasteiger partial charge on any atom is -0.478 e. The Bertz CT molecular complexity index is 671. The lowest BCUT2D eigenvalue weighted by atomic mass is 10.1. The van der Waals surface area contributed by atoms with E-state index >= 15 is 0 Å². The van der Waals surface area contributed by atoms with Crippen molar-refractivity contribution in [2.24, 2.45) is 0 Å². The normalized spacial score (nSPS) is 10.1. The molecule has 2 N–H and O–H groups in total. The van der Waals surface area contributed by atoms with Crippen LogP contribution in [-0.2, 0) is 17.8 Å². The van der Waals surface area contributed by atoms with Gasteiger partial charge in [-0.25, -0.2) is 4.79 Å². The molecule has 0 radical (unpaired) electrons. The van der Waals surface area contributed by atoms with Crippen LogP contribution in [0.25, 0.3) is 0 Å². The summed E-state index contributed by atoms with van der Waals surface area (Å²) in [6.07, 6.45) is 3.24. The highest BCUT2D eigenvalue weighted by molar-refractivity contribution is 5.87. The standard InChI is InChI=1S/C15H15N3O3/c1-10-3-2-5-17-13(10)8-14(19)18-9-12-7-11(15(20)21)4-6-16-12/h2-7H,8-9H2,1H3,(H,18,19)(H,20,21). The van der Waals surface area contributed by atoms with Crippen LogP contribution in [0, 0.1) is 6.92 Å². The molecule has 2 rings (SSSR count). The number of hydrogen-bond donors (Lipinski definition) is 2. The number of carboxylic acid groups (broad SMARTS) is 1. The minimum atomic E-state index is -1.02. The molecule has 0 saturated carbocycles. The second kappa shape index (κ2) is 6.60. The zero-order valence-electron chi connectivity index (χ0n) is 11.5. The molecular weight excluding hydrogens is 270 g/mol. The van der Waals surface area contributed by atoms with Crippen molar-refractivity contribution < 1.29 is 14.7 Å². The Morgan fingerprint density at radius 2 is 2.05 bits per heavy atom. The Hall–Kier alpha value is -2.76. The van der Waals surface area contributed by atoms with Gasteiger partial charge in [0.25, 0.3) is 0 Å². The smallest absolute Gasteiger partial charge is 0.335 e. The molecule has 0 bridgehead atoms. The number of nitrogens with one attached hydrogen (secondary N) is 1. The topological polar surface area (TPSA) is 92.2 Å². The van der Waals surface area contributed by atoms with Crippen molar-refractivity contribution in [3.8, 4) is 0 Å². The maximum atomic E-state index is 11.9. The number of carbonyl (C=O) groups is 2. The highest BCUT2D eigenvalue weighted by atomic mass is 16.4. The van der Waals surface area contributed by atoms with Crippen LogP contribution >= 0.6 is 0 Å². The lowest BCUT2D eigenvalue weighted by molar-refractivity contribution is -0.120. The largest absolute Gasteiger partial charge is 0.478 e. The number of hydrogen-bond acceptors (Lipinski definition) is 4. The van der Waals surface area contributed by atoms with Crippen molar-refractivity contribution in [1.82, 2.24) is 15.3 Å². The zero-order chi connectivity index (χ0) is 15.2. The predicted octanol–water partition coefficient (Wildman–Crippen LogP) is 1.34. The van der Waals surface area contributed by atoms with E-state index in [1.807, 2.05) is 19.1 Å². The average Bonchev–Trinajstić information content (AvgIpc) is 2.48. The summed E-state index contributed by atoms with van der Waals surface area (Å²) in [6, 6.07) is 6.56. The molecule has 0 atom stereocenters. The van der Waals surface area contributed by atoms with E-state index < -0.39 is 5.97 Å². The third-order valence-corrected chi connectivity index (χ3v) is 2.98. The molecule has 2 aromatic rings. The Kier molecular flexibility index (Phi) is 4.61. The minimum absolute atomic E-state index is 0.148. The van der Waals surface area contributed by atoms with Gasteiger partial charge in [-0.1, -0.05) is 6.07 Å². The molecule has 1 amide bonds. The van der Waals surface area contributed by atoms with Crippen LogP contribution in [0.3, 0.4) is 0 Å². The molecule has 6 nitrogen and oxygen atoms in total. The van der Waals surface area contributed by atoms with Crippen molar-refractivity contribution in [1.29, 1.82) is 0 Å². The van der Waals surface area contributed by atoms with Gasteiger partial charge in [-0.3, -0.25) is 14.8 Å². The number of carboxylic acids is 1. The zero-order valence-corrected chi connectivity index (χ0v) is 11.5. The van der Waals surface area contributed by atoms with E-state index in [9.17, 15) is 9.59 Å². The van der Waals surface area contributed by atoms with Gasteiger partial charge in [-0.05, 0) is 30.7 Å².